The van der Waals surface area contributed by atoms with E-state index in [4.69, 9.17) is 21.4 Å². The van der Waals surface area contributed by atoms with Crippen molar-refractivity contribution >= 4 is 11.6 Å². The molecule has 2 fully saturated rings. The van der Waals surface area contributed by atoms with Gasteiger partial charge in [-0.25, -0.2) is 0 Å². The Labute approximate surface area is 133 Å². The van der Waals surface area contributed by atoms with Crippen LogP contribution in [0.3, 0.4) is 0 Å². The van der Waals surface area contributed by atoms with Gasteiger partial charge >= 0.3 is 0 Å². The Balaban J connectivity index is 1.90. The van der Waals surface area contributed by atoms with Gasteiger partial charge in [0.15, 0.2) is 0 Å². The zero-order chi connectivity index (χ0) is 14.9. The second kappa shape index (κ2) is 6.29. The number of rotatable bonds is 4. The summed E-state index contributed by atoms with van der Waals surface area (Å²) in [6.45, 7) is 5.27. The van der Waals surface area contributed by atoms with Gasteiger partial charge in [-0.3, -0.25) is 4.68 Å². The minimum absolute atomic E-state index is 0.146. The second-order valence-corrected chi connectivity index (χ2v) is 6.81. The summed E-state index contributed by atoms with van der Waals surface area (Å²) < 4.78 is 8.48. The molecule has 1 saturated heterocycles. The van der Waals surface area contributed by atoms with Gasteiger partial charge in [-0.05, 0) is 38.5 Å². The molecule has 1 aliphatic heterocycles. The van der Waals surface area contributed by atoms with Gasteiger partial charge in [0.25, 0.3) is 0 Å². The smallest absolute Gasteiger partial charge is 0.0703 e. The van der Waals surface area contributed by atoms with E-state index in [0.29, 0.717) is 11.9 Å². The molecule has 2 aliphatic rings. The topological polar surface area (TPSA) is 27.1 Å². The fourth-order valence-corrected chi connectivity index (χ4v) is 4.56. The molecule has 0 N–H and O–H groups in total. The number of hydrogen-bond donors (Lipinski definition) is 0. The van der Waals surface area contributed by atoms with Crippen LogP contribution in [-0.2, 0) is 23.5 Å². The first-order valence-corrected chi connectivity index (χ1v) is 9.05. The van der Waals surface area contributed by atoms with Crippen molar-refractivity contribution in [3.05, 3.63) is 17.0 Å². The Morgan fingerprint density at radius 2 is 2.05 bits per heavy atom. The van der Waals surface area contributed by atoms with Crippen LogP contribution in [0.2, 0.25) is 0 Å². The third-order valence-electron chi connectivity index (χ3n) is 5.33. The number of alkyl halides is 1. The predicted octanol–water partition coefficient (Wildman–Crippen LogP) is 4.41. The van der Waals surface area contributed by atoms with E-state index in [2.05, 4.69) is 18.5 Å². The van der Waals surface area contributed by atoms with E-state index >= 15 is 0 Å². The molecule has 1 spiro atoms. The lowest BCUT2D eigenvalue weighted by molar-refractivity contribution is -0.0913. The van der Waals surface area contributed by atoms with Crippen molar-refractivity contribution in [1.82, 2.24) is 9.78 Å². The normalized spacial score (nSPS) is 24.8. The van der Waals surface area contributed by atoms with E-state index in [9.17, 15) is 0 Å². The minimum atomic E-state index is 0.146. The SMILES string of the molecule is CCc1nn(C2CCOC3(CCCC3)C2)c(CC)c1CCl. The largest absolute Gasteiger partial charge is 0.375 e. The number of aryl methyl sites for hydroxylation is 1. The summed E-state index contributed by atoms with van der Waals surface area (Å²) in [5.41, 5.74) is 3.96. The number of ether oxygens (including phenoxy) is 1. The second-order valence-electron chi connectivity index (χ2n) is 6.54. The van der Waals surface area contributed by atoms with E-state index in [1.165, 1.54) is 42.6 Å². The number of nitrogens with zero attached hydrogens (tertiary/aromatic N) is 2. The molecule has 1 aliphatic carbocycles. The van der Waals surface area contributed by atoms with Gasteiger partial charge in [0.05, 0.1) is 23.2 Å². The summed E-state index contributed by atoms with van der Waals surface area (Å²) in [4.78, 5) is 0. The van der Waals surface area contributed by atoms with E-state index in [-0.39, 0.29) is 5.60 Å². The maximum absolute atomic E-state index is 6.19. The van der Waals surface area contributed by atoms with Crippen LogP contribution < -0.4 is 0 Å². The van der Waals surface area contributed by atoms with E-state index in [1.807, 2.05) is 0 Å². The van der Waals surface area contributed by atoms with Crippen LogP contribution in [0.15, 0.2) is 0 Å². The lowest BCUT2D eigenvalue weighted by Gasteiger charge is -2.38. The summed E-state index contributed by atoms with van der Waals surface area (Å²) in [6.07, 6.45) is 9.30. The van der Waals surface area contributed by atoms with Crippen molar-refractivity contribution in [2.75, 3.05) is 6.61 Å². The molecule has 1 aromatic rings. The molecular formula is C17H27ClN2O. The molecule has 21 heavy (non-hydrogen) atoms. The van der Waals surface area contributed by atoms with Crippen molar-refractivity contribution in [2.24, 2.45) is 0 Å². The Morgan fingerprint density at radius 3 is 2.67 bits per heavy atom. The first-order chi connectivity index (χ1) is 10.2. The molecule has 0 amide bonds. The summed E-state index contributed by atoms with van der Waals surface area (Å²) in [6, 6.07) is 0.495. The maximum atomic E-state index is 6.19. The number of aromatic nitrogens is 2. The van der Waals surface area contributed by atoms with Crippen LogP contribution in [0.5, 0.6) is 0 Å². The molecule has 3 nitrogen and oxygen atoms in total. The highest BCUT2D eigenvalue weighted by Crippen LogP contribution is 2.44. The Hall–Kier alpha value is -0.540. The van der Waals surface area contributed by atoms with Gasteiger partial charge in [0, 0.05) is 17.9 Å². The van der Waals surface area contributed by atoms with Gasteiger partial charge in [-0.2, -0.15) is 5.10 Å². The van der Waals surface area contributed by atoms with Gasteiger partial charge in [0.2, 0.25) is 0 Å². The quantitative estimate of drug-likeness (QED) is 0.770. The standard InChI is InChI=1S/C17H27ClN2O/c1-3-15-14(12-18)16(4-2)20(19-15)13-7-10-21-17(11-13)8-5-6-9-17/h13H,3-12H2,1-2H3. The summed E-state index contributed by atoms with van der Waals surface area (Å²) in [5.74, 6) is 0.584. The van der Waals surface area contributed by atoms with Crippen molar-refractivity contribution in [3.63, 3.8) is 0 Å². The van der Waals surface area contributed by atoms with Gasteiger partial charge < -0.3 is 4.74 Å². The van der Waals surface area contributed by atoms with E-state index in [0.717, 1.165) is 32.3 Å². The van der Waals surface area contributed by atoms with Crippen LogP contribution >= 0.6 is 11.6 Å². The van der Waals surface area contributed by atoms with Crippen LogP contribution in [-0.4, -0.2) is 22.0 Å². The van der Waals surface area contributed by atoms with Crippen LogP contribution in [0, 0.1) is 0 Å². The fourth-order valence-electron chi connectivity index (χ4n) is 4.25. The number of hydrogen-bond acceptors (Lipinski definition) is 2. The predicted molar refractivity (Wildman–Crippen MR) is 86.0 cm³/mol. The van der Waals surface area contributed by atoms with Gasteiger partial charge in [-0.15, -0.1) is 11.6 Å². The van der Waals surface area contributed by atoms with Crippen molar-refractivity contribution < 1.29 is 4.74 Å². The lowest BCUT2D eigenvalue weighted by Crippen LogP contribution is -2.38. The molecule has 4 heteroatoms. The average Bonchev–Trinajstić information content (AvgIpc) is 3.10. The molecule has 118 valence electrons. The maximum Gasteiger partial charge on any atom is 0.0703 e. The van der Waals surface area contributed by atoms with Crippen molar-refractivity contribution in [1.29, 1.82) is 0 Å². The molecule has 3 rings (SSSR count). The minimum Gasteiger partial charge on any atom is -0.375 e. The van der Waals surface area contributed by atoms with Gasteiger partial charge in [-0.1, -0.05) is 26.7 Å². The molecule has 0 radical (unpaired) electrons. The molecular weight excluding hydrogens is 284 g/mol. The third-order valence-corrected chi connectivity index (χ3v) is 5.60. The first-order valence-electron chi connectivity index (χ1n) is 8.52. The van der Waals surface area contributed by atoms with Crippen LogP contribution in [0.25, 0.3) is 0 Å². The molecule has 1 aromatic heterocycles. The molecule has 1 atom stereocenters. The Morgan fingerprint density at radius 1 is 1.29 bits per heavy atom. The Kier molecular flexibility index (Phi) is 4.60. The lowest BCUT2D eigenvalue weighted by atomic mass is 9.89. The van der Waals surface area contributed by atoms with E-state index < -0.39 is 0 Å². The highest BCUT2D eigenvalue weighted by molar-refractivity contribution is 6.17. The molecule has 1 unspecified atom stereocenters. The van der Waals surface area contributed by atoms with Crippen LogP contribution in [0.1, 0.15) is 75.4 Å². The number of halogens is 1. The fraction of sp³-hybridized carbons (Fsp3) is 0.824. The van der Waals surface area contributed by atoms with Crippen LogP contribution in [0.4, 0.5) is 0 Å². The summed E-state index contributed by atoms with van der Waals surface area (Å²) in [7, 11) is 0. The highest BCUT2D eigenvalue weighted by atomic mass is 35.5. The van der Waals surface area contributed by atoms with E-state index in [1.54, 1.807) is 0 Å². The van der Waals surface area contributed by atoms with Gasteiger partial charge in [0.1, 0.15) is 0 Å². The summed E-state index contributed by atoms with van der Waals surface area (Å²) in [5, 5.41) is 4.93. The summed E-state index contributed by atoms with van der Waals surface area (Å²) >= 11 is 6.19. The third kappa shape index (κ3) is 2.75. The average molecular weight is 311 g/mol. The Bertz CT molecular complexity index is 491. The molecule has 1 saturated carbocycles. The van der Waals surface area contributed by atoms with Crippen molar-refractivity contribution in [3.8, 4) is 0 Å². The highest BCUT2D eigenvalue weighted by Gasteiger charge is 2.41. The molecule has 0 aromatic carbocycles. The van der Waals surface area contributed by atoms with Crippen molar-refractivity contribution in [2.45, 2.75) is 82.7 Å². The molecule has 0 bridgehead atoms. The molecule has 2 heterocycles. The zero-order valence-electron chi connectivity index (χ0n) is 13.3. The zero-order valence-corrected chi connectivity index (χ0v) is 14.1. The first kappa shape index (κ1) is 15.4. The monoisotopic (exact) mass is 310 g/mol.